The van der Waals surface area contributed by atoms with Crippen molar-refractivity contribution in [3.05, 3.63) is 29.8 Å². The van der Waals surface area contributed by atoms with Gasteiger partial charge in [-0.2, -0.15) is 4.31 Å². The first-order valence-electron chi connectivity index (χ1n) is 12.1. The van der Waals surface area contributed by atoms with Gasteiger partial charge in [0.05, 0.1) is 32.6 Å². The highest BCUT2D eigenvalue weighted by molar-refractivity contribution is 7.88. The average molecular weight is 494 g/mol. The summed E-state index contributed by atoms with van der Waals surface area (Å²) >= 11 is 0. The Labute approximate surface area is 202 Å². The molecule has 2 fully saturated rings. The van der Waals surface area contributed by atoms with Crippen molar-refractivity contribution in [3.8, 4) is 5.75 Å². The number of para-hydroxylation sites is 1. The highest BCUT2D eigenvalue weighted by atomic mass is 32.2. The Hall–Kier alpha value is -2.17. The molecule has 4 rings (SSSR count). The van der Waals surface area contributed by atoms with Gasteiger partial charge in [0, 0.05) is 44.7 Å². The van der Waals surface area contributed by atoms with Gasteiger partial charge >= 0.3 is 0 Å². The number of sulfonamides is 1. The maximum atomic E-state index is 13.2. The second-order valence-electron chi connectivity index (χ2n) is 9.48. The fraction of sp³-hybridized carbons (Fsp3) is 0.667. The number of fused-ring (bicyclic) bond motifs is 3. The third kappa shape index (κ3) is 6.28. The van der Waals surface area contributed by atoms with E-state index in [1.165, 1.54) is 4.31 Å². The number of piperidine rings is 1. The number of amides is 2. The van der Waals surface area contributed by atoms with Crippen LogP contribution in [0.15, 0.2) is 24.3 Å². The van der Waals surface area contributed by atoms with Crippen molar-refractivity contribution in [2.24, 2.45) is 11.8 Å². The third-order valence-electron chi connectivity index (χ3n) is 7.12. The van der Waals surface area contributed by atoms with Crippen molar-refractivity contribution in [3.63, 3.8) is 0 Å². The van der Waals surface area contributed by atoms with Crippen LogP contribution in [0.1, 0.15) is 31.2 Å². The van der Waals surface area contributed by atoms with E-state index in [2.05, 4.69) is 0 Å². The summed E-state index contributed by atoms with van der Waals surface area (Å²) in [6.07, 6.45) is 4.01. The molecule has 0 radical (unpaired) electrons. The lowest BCUT2D eigenvalue weighted by atomic mass is 9.80. The normalized spacial score (nSPS) is 25.4. The van der Waals surface area contributed by atoms with Crippen LogP contribution in [0.5, 0.6) is 5.75 Å². The van der Waals surface area contributed by atoms with Crippen LogP contribution in [0.4, 0.5) is 0 Å². The molecule has 2 saturated heterocycles. The third-order valence-corrected chi connectivity index (χ3v) is 8.32. The summed E-state index contributed by atoms with van der Waals surface area (Å²) in [5.41, 5.74) is 0.743. The molecule has 10 heteroatoms. The molecule has 0 spiro atoms. The summed E-state index contributed by atoms with van der Waals surface area (Å²) in [6, 6.07) is 7.38. The minimum absolute atomic E-state index is 0.0920. The predicted octanol–water partition coefficient (Wildman–Crippen LogP) is 1.33. The summed E-state index contributed by atoms with van der Waals surface area (Å²) in [6.45, 7) is 3.92. The first-order chi connectivity index (χ1) is 16.3. The largest absolute Gasteiger partial charge is 0.493 e. The molecule has 0 saturated carbocycles. The molecule has 1 aromatic rings. The van der Waals surface area contributed by atoms with Crippen LogP contribution in [0.2, 0.25) is 0 Å². The molecule has 2 bridgehead atoms. The van der Waals surface area contributed by atoms with Crippen molar-refractivity contribution >= 4 is 21.8 Å². The van der Waals surface area contributed by atoms with E-state index in [-0.39, 0.29) is 36.7 Å². The zero-order valence-electron chi connectivity index (χ0n) is 19.9. The van der Waals surface area contributed by atoms with E-state index >= 15 is 0 Å². The zero-order valence-corrected chi connectivity index (χ0v) is 20.7. The molecule has 9 nitrogen and oxygen atoms in total. The Morgan fingerprint density at radius 2 is 1.82 bits per heavy atom. The number of rotatable bonds is 3. The smallest absolute Gasteiger partial charge is 0.237 e. The van der Waals surface area contributed by atoms with Crippen LogP contribution in [-0.4, -0.2) is 93.1 Å². The lowest BCUT2D eigenvalue weighted by Crippen LogP contribution is -2.49. The van der Waals surface area contributed by atoms with E-state index in [0.29, 0.717) is 58.2 Å². The van der Waals surface area contributed by atoms with Gasteiger partial charge in [-0.3, -0.25) is 9.59 Å². The van der Waals surface area contributed by atoms with Gasteiger partial charge in [-0.1, -0.05) is 18.2 Å². The summed E-state index contributed by atoms with van der Waals surface area (Å²) in [4.78, 5) is 29.7. The van der Waals surface area contributed by atoms with Gasteiger partial charge in [-0.05, 0) is 37.2 Å². The van der Waals surface area contributed by atoms with Crippen LogP contribution in [0.3, 0.4) is 0 Å². The van der Waals surface area contributed by atoms with Crippen molar-refractivity contribution in [1.82, 2.24) is 14.1 Å². The second-order valence-corrected chi connectivity index (χ2v) is 11.5. The number of carbonyl (C=O) groups is 2. The number of morpholine rings is 1. The molecule has 2 amide bonds. The lowest BCUT2D eigenvalue weighted by molar-refractivity contribution is -0.138. The lowest BCUT2D eigenvalue weighted by Gasteiger charge is -2.40. The molecule has 2 atom stereocenters. The number of benzene rings is 1. The van der Waals surface area contributed by atoms with Gasteiger partial charge < -0.3 is 19.3 Å². The van der Waals surface area contributed by atoms with Gasteiger partial charge in [-0.15, -0.1) is 0 Å². The Balaban J connectivity index is 1.51. The van der Waals surface area contributed by atoms with Gasteiger partial charge in [0.25, 0.3) is 0 Å². The Morgan fingerprint density at radius 1 is 1.06 bits per heavy atom. The number of nitrogens with zero attached hydrogens (tertiary/aromatic N) is 3. The van der Waals surface area contributed by atoms with Crippen LogP contribution in [0.25, 0.3) is 0 Å². The van der Waals surface area contributed by atoms with E-state index in [1.54, 1.807) is 4.90 Å². The zero-order chi connectivity index (χ0) is 24.1. The van der Waals surface area contributed by atoms with Gasteiger partial charge in [-0.25, -0.2) is 8.42 Å². The summed E-state index contributed by atoms with van der Waals surface area (Å²) in [5, 5.41) is 0. The molecule has 188 valence electrons. The van der Waals surface area contributed by atoms with Crippen molar-refractivity contribution in [2.45, 2.75) is 32.2 Å². The molecular weight excluding hydrogens is 458 g/mol. The summed E-state index contributed by atoms with van der Waals surface area (Å²) in [5.74, 6) is 0.984. The fourth-order valence-corrected chi connectivity index (χ4v) is 5.82. The van der Waals surface area contributed by atoms with E-state index in [1.807, 2.05) is 29.2 Å². The molecule has 3 heterocycles. The first kappa shape index (κ1) is 24.9. The first-order valence-corrected chi connectivity index (χ1v) is 13.9. The van der Waals surface area contributed by atoms with E-state index < -0.39 is 10.0 Å². The van der Waals surface area contributed by atoms with Crippen LogP contribution >= 0.6 is 0 Å². The highest BCUT2D eigenvalue weighted by Crippen LogP contribution is 2.32. The van der Waals surface area contributed by atoms with Gasteiger partial charge in [0.15, 0.2) is 0 Å². The van der Waals surface area contributed by atoms with Crippen molar-refractivity contribution in [1.29, 1.82) is 0 Å². The molecule has 3 aliphatic rings. The SMILES string of the molecule is CS(=O)(=O)N1CC(=O)N2CC[C@@H](CC(=O)N3CCOCC3)[C@@H](CCCOc3ccccc3C1)C2. The van der Waals surface area contributed by atoms with Gasteiger partial charge in [0.1, 0.15) is 5.75 Å². The monoisotopic (exact) mass is 493 g/mol. The number of hydrogen-bond donors (Lipinski definition) is 0. The summed E-state index contributed by atoms with van der Waals surface area (Å²) < 4.78 is 37.6. The minimum Gasteiger partial charge on any atom is -0.493 e. The number of carbonyl (C=O) groups excluding carboxylic acids is 2. The molecule has 34 heavy (non-hydrogen) atoms. The highest BCUT2D eigenvalue weighted by Gasteiger charge is 2.35. The Bertz CT molecular complexity index is 979. The number of ether oxygens (including phenoxy) is 2. The van der Waals surface area contributed by atoms with Crippen LogP contribution < -0.4 is 4.74 Å². The molecular formula is C24H35N3O6S. The molecule has 1 aromatic carbocycles. The quantitative estimate of drug-likeness (QED) is 0.631. The molecule has 0 unspecified atom stereocenters. The van der Waals surface area contributed by atoms with Crippen LogP contribution in [-0.2, 0) is 30.9 Å². The molecule has 0 aliphatic carbocycles. The molecule has 3 aliphatic heterocycles. The Kier molecular flexibility index (Phi) is 8.10. The second kappa shape index (κ2) is 11.0. The van der Waals surface area contributed by atoms with Gasteiger partial charge in [0.2, 0.25) is 21.8 Å². The standard InChI is InChI=1S/C24H35N3O6S/c1-34(30,31)27-17-21-5-2-3-7-22(21)33-12-4-6-20-16-26(24(29)18-27)9-8-19(20)15-23(28)25-10-13-32-14-11-25/h2-3,5,7,19-20H,4,6,8-18H2,1H3/t19-,20-/m0/s1. The Morgan fingerprint density at radius 3 is 2.59 bits per heavy atom. The predicted molar refractivity (Wildman–Crippen MR) is 127 cm³/mol. The molecule has 0 N–H and O–H groups in total. The van der Waals surface area contributed by atoms with E-state index in [9.17, 15) is 18.0 Å². The van der Waals surface area contributed by atoms with E-state index in [0.717, 1.165) is 31.1 Å². The molecule has 0 aromatic heterocycles. The topological polar surface area (TPSA) is 96.5 Å². The van der Waals surface area contributed by atoms with E-state index in [4.69, 9.17) is 9.47 Å². The summed E-state index contributed by atoms with van der Waals surface area (Å²) in [7, 11) is -3.60. The van der Waals surface area contributed by atoms with Crippen molar-refractivity contribution in [2.75, 3.05) is 58.8 Å². The maximum Gasteiger partial charge on any atom is 0.237 e. The number of hydrogen-bond acceptors (Lipinski definition) is 6. The van der Waals surface area contributed by atoms with Crippen LogP contribution in [0, 0.1) is 11.8 Å². The van der Waals surface area contributed by atoms with Crippen molar-refractivity contribution < 1.29 is 27.5 Å². The average Bonchev–Trinajstić information content (AvgIpc) is 2.83. The fourth-order valence-electron chi connectivity index (χ4n) is 5.10. The minimum atomic E-state index is -3.60. The maximum absolute atomic E-state index is 13.2.